The molecule has 0 radical (unpaired) electrons. The topological polar surface area (TPSA) is 69.0 Å². The Kier molecular flexibility index (Phi) is 5.62. The summed E-state index contributed by atoms with van der Waals surface area (Å²) in [4.78, 5) is 4.95. The molecule has 0 spiro atoms. The van der Waals surface area contributed by atoms with E-state index in [-0.39, 0.29) is 11.4 Å². The van der Waals surface area contributed by atoms with Crippen LogP contribution in [0.5, 0.6) is 5.88 Å². The van der Waals surface area contributed by atoms with E-state index >= 15 is 0 Å². The predicted molar refractivity (Wildman–Crippen MR) is 82.3 cm³/mol. The molecule has 0 fully saturated rings. The van der Waals surface area contributed by atoms with Gasteiger partial charge in [-0.2, -0.15) is 0 Å². The van der Waals surface area contributed by atoms with Crippen LogP contribution < -0.4 is 0 Å². The molecular weight excluding hydrogens is 280 g/mol. The third kappa shape index (κ3) is 3.60. The lowest BCUT2D eigenvalue weighted by Gasteiger charge is -1.98. The molecule has 0 aliphatic rings. The highest BCUT2D eigenvalue weighted by molar-refractivity contribution is 7.73. The molecule has 1 aromatic heterocycles. The molecule has 0 bridgehead atoms. The second-order valence-corrected chi connectivity index (χ2v) is 5.22. The molecule has 0 saturated heterocycles. The second-order valence-electron chi connectivity index (χ2n) is 3.55. The van der Waals surface area contributed by atoms with Crippen molar-refractivity contribution in [2.75, 3.05) is 0 Å². The van der Waals surface area contributed by atoms with Crippen molar-refractivity contribution in [3.05, 3.63) is 51.8 Å². The van der Waals surface area contributed by atoms with Crippen molar-refractivity contribution in [2.24, 2.45) is 4.99 Å². The molecule has 2 aromatic rings. The number of allylic oxidation sites excluding steroid dienone is 1. The van der Waals surface area contributed by atoms with E-state index < -0.39 is 0 Å². The Balaban J connectivity index is 0.00000180. The first-order valence-electron chi connectivity index (χ1n) is 5.35. The van der Waals surface area contributed by atoms with Crippen molar-refractivity contribution in [3.8, 4) is 5.88 Å². The monoisotopic (exact) mass is 294 g/mol. The number of aromatic nitrogens is 1. The molecule has 100 valence electrons. The van der Waals surface area contributed by atoms with Gasteiger partial charge in [0.15, 0.2) is 3.95 Å². The predicted octanol–water partition coefficient (Wildman–Crippen LogP) is 3.10. The highest BCUT2D eigenvalue weighted by Gasteiger charge is 2.08. The van der Waals surface area contributed by atoms with E-state index in [1.807, 2.05) is 30.3 Å². The Hall–Kier alpha value is -1.76. The maximum atomic E-state index is 9.99. The van der Waals surface area contributed by atoms with Gasteiger partial charge >= 0.3 is 0 Å². The first-order valence-corrected chi connectivity index (χ1v) is 6.57. The van der Waals surface area contributed by atoms with Crippen LogP contribution in [0.4, 0.5) is 5.69 Å². The Morgan fingerprint density at radius 3 is 2.68 bits per heavy atom. The number of thiazole rings is 1. The summed E-state index contributed by atoms with van der Waals surface area (Å²) in [5, 5.41) is 9.99. The number of hydrogen-bond donors (Lipinski definition) is 1. The minimum absolute atomic E-state index is 0. The normalized spacial score (nSPS) is 10.3. The smallest absolute Gasteiger partial charge is 0.212 e. The van der Waals surface area contributed by atoms with Gasteiger partial charge in [-0.3, -0.25) is 9.56 Å². The van der Waals surface area contributed by atoms with Crippen LogP contribution in [-0.4, -0.2) is 21.4 Å². The fourth-order valence-electron chi connectivity index (χ4n) is 1.44. The van der Waals surface area contributed by atoms with Gasteiger partial charge in [0.05, 0.1) is 11.9 Å². The minimum atomic E-state index is 0. The SMILES string of the molecule is C=CCn1c(O)c(C=Nc2ccccc2)sc1=S.O. The van der Waals surface area contributed by atoms with Crippen molar-refractivity contribution in [1.29, 1.82) is 0 Å². The molecule has 4 nitrogen and oxygen atoms in total. The van der Waals surface area contributed by atoms with Crippen LogP contribution in [0.25, 0.3) is 0 Å². The second kappa shape index (κ2) is 6.98. The molecule has 0 amide bonds. The lowest BCUT2D eigenvalue weighted by molar-refractivity contribution is 0.424. The Labute approximate surface area is 120 Å². The summed E-state index contributed by atoms with van der Waals surface area (Å²) in [5.41, 5.74) is 0.839. The number of benzene rings is 1. The van der Waals surface area contributed by atoms with E-state index in [0.29, 0.717) is 15.4 Å². The summed E-state index contributed by atoms with van der Waals surface area (Å²) in [6, 6.07) is 9.55. The third-order valence-electron chi connectivity index (χ3n) is 2.29. The van der Waals surface area contributed by atoms with E-state index in [1.165, 1.54) is 11.3 Å². The number of hydrogen-bond acceptors (Lipinski definition) is 4. The van der Waals surface area contributed by atoms with Crippen molar-refractivity contribution >= 4 is 35.5 Å². The zero-order valence-corrected chi connectivity index (χ0v) is 11.7. The van der Waals surface area contributed by atoms with Crippen LogP contribution in [-0.2, 0) is 6.54 Å². The molecule has 1 aromatic carbocycles. The van der Waals surface area contributed by atoms with Gasteiger partial charge in [0.2, 0.25) is 5.88 Å². The number of rotatable bonds is 4. The zero-order valence-electron chi connectivity index (χ0n) is 10.1. The van der Waals surface area contributed by atoms with Gasteiger partial charge < -0.3 is 10.6 Å². The molecule has 2 rings (SSSR count). The molecule has 0 unspecified atom stereocenters. The number of aliphatic imine (C=N–C) groups is 1. The van der Waals surface area contributed by atoms with Crippen molar-refractivity contribution in [1.82, 2.24) is 4.57 Å². The van der Waals surface area contributed by atoms with Crippen molar-refractivity contribution in [3.63, 3.8) is 0 Å². The summed E-state index contributed by atoms with van der Waals surface area (Å²) >= 11 is 6.50. The summed E-state index contributed by atoms with van der Waals surface area (Å²) in [6.07, 6.45) is 3.32. The molecule has 0 atom stereocenters. The molecule has 6 heteroatoms. The third-order valence-corrected chi connectivity index (χ3v) is 3.67. The van der Waals surface area contributed by atoms with Gasteiger partial charge in [-0.05, 0) is 24.4 Å². The van der Waals surface area contributed by atoms with Gasteiger partial charge in [-0.15, -0.1) is 6.58 Å². The van der Waals surface area contributed by atoms with Crippen LogP contribution >= 0.6 is 23.6 Å². The van der Waals surface area contributed by atoms with Crippen LogP contribution in [0.1, 0.15) is 4.88 Å². The van der Waals surface area contributed by atoms with Crippen LogP contribution in [0.3, 0.4) is 0 Å². The average molecular weight is 294 g/mol. The lowest BCUT2D eigenvalue weighted by atomic mass is 10.3. The molecule has 1 heterocycles. The van der Waals surface area contributed by atoms with E-state index in [2.05, 4.69) is 11.6 Å². The Morgan fingerprint density at radius 1 is 1.37 bits per heavy atom. The van der Waals surface area contributed by atoms with E-state index in [1.54, 1.807) is 16.9 Å². The summed E-state index contributed by atoms with van der Waals surface area (Å²) < 4.78 is 2.24. The Morgan fingerprint density at radius 2 is 2.05 bits per heavy atom. The van der Waals surface area contributed by atoms with Gasteiger partial charge in [-0.25, -0.2) is 0 Å². The van der Waals surface area contributed by atoms with E-state index in [4.69, 9.17) is 12.2 Å². The maximum Gasteiger partial charge on any atom is 0.212 e. The molecular formula is C13H14N2O2S2. The quantitative estimate of drug-likeness (QED) is 0.535. The fourth-order valence-corrected chi connectivity index (χ4v) is 2.63. The number of para-hydroxylation sites is 1. The maximum absolute atomic E-state index is 9.99. The van der Waals surface area contributed by atoms with Crippen molar-refractivity contribution < 1.29 is 10.6 Å². The van der Waals surface area contributed by atoms with E-state index in [9.17, 15) is 5.11 Å². The van der Waals surface area contributed by atoms with Gasteiger partial charge in [0, 0.05) is 6.54 Å². The highest BCUT2D eigenvalue weighted by Crippen LogP contribution is 2.25. The Bertz CT molecular complexity index is 630. The highest BCUT2D eigenvalue weighted by atomic mass is 32.1. The number of aromatic hydroxyl groups is 1. The largest absolute Gasteiger partial charge is 0.493 e. The zero-order chi connectivity index (χ0) is 13.0. The number of nitrogens with zero attached hydrogens (tertiary/aromatic N) is 2. The average Bonchev–Trinajstić information content (AvgIpc) is 2.66. The van der Waals surface area contributed by atoms with Gasteiger partial charge in [0.25, 0.3) is 0 Å². The summed E-state index contributed by atoms with van der Waals surface area (Å²) in [6.45, 7) is 4.13. The first-order chi connectivity index (χ1) is 8.72. The first kappa shape index (κ1) is 15.3. The molecule has 0 aliphatic heterocycles. The van der Waals surface area contributed by atoms with Crippen LogP contribution in [0, 0.1) is 3.95 Å². The minimum Gasteiger partial charge on any atom is -0.493 e. The van der Waals surface area contributed by atoms with Gasteiger partial charge in [-0.1, -0.05) is 35.6 Å². The van der Waals surface area contributed by atoms with E-state index in [0.717, 1.165) is 5.69 Å². The van der Waals surface area contributed by atoms with Crippen LogP contribution in [0.15, 0.2) is 48.0 Å². The van der Waals surface area contributed by atoms with Crippen molar-refractivity contribution in [2.45, 2.75) is 6.54 Å². The van der Waals surface area contributed by atoms with Crippen LogP contribution in [0.2, 0.25) is 0 Å². The molecule has 0 aliphatic carbocycles. The fraction of sp³-hybridized carbons (Fsp3) is 0.0769. The summed E-state index contributed by atoms with van der Waals surface area (Å²) in [7, 11) is 0. The lowest BCUT2D eigenvalue weighted by Crippen LogP contribution is -1.93. The molecule has 19 heavy (non-hydrogen) atoms. The molecule has 0 saturated carbocycles. The summed E-state index contributed by atoms with van der Waals surface area (Å²) in [5.74, 6) is 0.143. The standard InChI is InChI=1S/C13H12N2OS2.H2O/c1-2-8-15-12(16)11(18-13(15)17)9-14-10-6-4-3-5-7-10;/h2-7,9,16H,1,8H2;1H2. The van der Waals surface area contributed by atoms with Gasteiger partial charge in [0.1, 0.15) is 4.88 Å². The molecule has 3 N–H and O–H groups in total.